The fourth-order valence-corrected chi connectivity index (χ4v) is 3.85. The minimum atomic E-state index is 0.128. The van der Waals surface area contributed by atoms with E-state index in [0.29, 0.717) is 24.7 Å². The molecule has 2 aromatic rings. The Morgan fingerprint density at radius 1 is 1.26 bits per heavy atom. The molecule has 0 aliphatic heterocycles. The van der Waals surface area contributed by atoms with Gasteiger partial charge in [-0.15, -0.1) is 10.2 Å². The zero-order chi connectivity index (χ0) is 15.6. The average Bonchev–Trinajstić information content (AvgIpc) is 3.18. The summed E-state index contributed by atoms with van der Waals surface area (Å²) in [5.74, 6) is 2.39. The first-order chi connectivity index (χ1) is 11.3. The molecule has 1 unspecified atom stereocenters. The van der Waals surface area contributed by atoms with Gasteiger partial charge in [0.25, 0.3) is 0 Å². The molecule has 2 aliphatic carbocycles. The largest absolute Gasteiger partial charge is 0.353 e. The van der Waals surface area contributed by atoms with Gasteiger partial charge >= 0.3 is 0 Å². The Hall–Kier alpha value is -2.24. The smallest absolute Gasteiger partial charge is 0.224 e. The zero-order valence-corrected chi connectivity index (χ0v) is 13.0. The first-order valence-electron chi connectivity index (χ1n) is 8.38. The number of tetrazole rings is 1. The van der Waals surface area contributed by atoms with Crippen LogP contribution >= 0.6 is 0 Å². The summed E-state index contributed by atoms with van der Waals surface area (Å²) in [5.41, 5.74) is 2.12. The van der Waals surface area contributed by atoms with Crippen molar-refractivity contribution in [2.24, 2.45) is 11.8 Å². The third kappa shape index (κ3) is 3.25. The van der Waals surface area contributed by atoms with Crippen LogP contribution in [0.3, 0.4) is 0 Å². The molecule has 2 N–H and O–H groups in total. The molecule has 0 spiro atoms. The van der Waals surface area contributed by atoms with E-state index in [2.05, 4.69) is 25.9 Å². The molecule has 23 heavy (non-hydrogen) atoms. The molecule has 2 fully saturated rings. The quantitative estimate of drug-likeness (QED) is 0.879. The molecule has 1 aromatic carbocycles. The number of aromatic nitrogens is 4. The summed E-state index contributed by atoms with van der Waals surface area (Å²) in [6.07, 6.45) is 6.05. The lowest BCUT2D eigenvalue weighted by Gasteiger charge is -2.23. The van der Waals surface area contributed by atoms with Crippen molar-refractivity contribution in [3.63, 3.8) is 0 Å². The van der Waals surface area contributed by atoms with Gasteiger partial charge in [0.2, 0.25) is 5.91 Å². The standard InChI is InChI=1S/C17H21N5O/c23-17(18-15-7-3-6-13-8-14(13)15)10-12-5-2-1-4-11(12)9-16-19-21-22-20-16/h1-2,4-5,13-15H,3,6-10H2,(H,18,23)(H,19,20,21,22)/t13-,14+,15?/m1/s1. The van der Waals surface area contributed by atoms with E-state index in [1.54, 1.807) is 0 Å². The predicted octanol–water partition coefficient (Wildman–Crippen LogP) is 1.64. The number of carbonyl (C=O) groups excluding carboxylic acids is 1. The Bertz CT molecular complexity index is 684. The highest BCUT2D eigenvalue weighted by molar-refractivity contribution is 5.79. The van der Waals surface area contributed by atoms with Gasteiger partial charge in [-0.05, 0) is 35.8 Å². The minimum Gasteiger partial charge on any atom is -0.353 e. The molecular formula is C17H21N5O. The SMILES string of the molecule is O=C(Cc1ccccc1Cc1nn[nH]n1)NC1CCC[C@@H]2C[C@H]12. The van der Waals surface area contributed by atoms with E-state index in [0.717, 1.165) is 29.4 Å². The van der Waals surface area contributed by atoms with Crippen LogP contribution in [-0.4, -0.2) is 32.6 Å². The van der Waals surface area contributed by atoms with Crippen molar-refractivity contribution in [3.05, 3.63) is 41.2 Å². The lowest BCUT2D eigenvalue weighted by molar-refractivity contribution is -0.121. The number of aromatic amines is 1. The van der Waals surface area contributed by atoms with Crippen LogP contribution in [-0.2, 0) is 17.6 Å². The Kier molecular flexibility index (Phi) is 3.81. The molecule has 4 rings (SSSR count). The van der Waals surface area contributed by atoms with Crippen LogP contribution in [0.2, 0.25) is 0 Å². The van der Waals surface area contributed by atoms with E-state index in [4.69, 9.17) is 0 Å². The second-order valence-electron chi connectivity index (χ2n) is 6.71. The lowest BCUT2D eigenvalue weighted by Crippen LogP contribution is -2.39. The number of nitrogens with zero attached hydrogens (tertiary/aromatic N) is 3. The maximum atomic E-state index is 12.4. The second-order valence-corrected chi connectivity index (χ2v) is 6.71. The Morgan fingerprint density at radius 2 is 2.13 bits per heavy atom. The third-order valence-electron chi connectivity index (χ3n) is 5.14. The second kappa shape index (κ2) is 6.10. The topological polar surface area (TPSA) is 83.6 Å². The Labute approximate surface area is 135 Å². The predicted molar refractivity (Wildman–Crippen MR) is 84.5 cm³/mol. The van der Waals surface area contributed by atoms with Crippen molar-refractivity contribution in [1.82, 2.24) is 25.9 Å². The van der Waals surface area contributed by atoms with Gasteiger partial charge < -0.3 is 5.32 Å². The average molecular weight is 311 g/mol. The molecule has 0 bridgehead atoms. The Balaban J connectivity index is 1.40. The van der Waals surface area contributed by atoms with Crippen LogP contribution < -0.4 is 5.32 Å². The molecule has 2 saturated carbocycles. The number of H-pyrrole nitrogens is 1. The minimum absolute atomic E-state index is 0.128. The first-order valence-corrected chi connectivity index (χ1v) is 8.38. The van der Waals surface area contributed by atoms with Crippen molar-refractivity contribution < 1.29 is 4.79 Å². The van der Waals surface area contributed by atoms with Gasteiger partial charge in [-0.25, -0.2) is 0 Å². The van der Waals surface area contributed by atoms with E-state index in [1.807, 2.05) is 24.3 Å². The number of benzene rings is 1. The highest BCUT2D eigenvalue weighted by atomic mass is 16.1. The molecule has 2 aliphatic rings. The van der Waals surface area contributed by atoms with Crippen molar-refractivity contribution in [2.45, 2.75) is 44.6 Å². The van der Waals surface area contributed by atoms with E-state index < -0.39 is 0 Å². The van der Waals surface area contributed by atoms with Gasteiger partial charge in [-0.2, -0.15) is 5.21 Å². The van der Waals surface area contributed by atoms with Crippen molar-refractivity contribution in [3.8, 4) is 0 Å². The lowest BCUT2D eigenvalue weighted by atomic mass is 9.95. The zero-order valence-electron chi connectivity index (χ0n) is 13.0. The van der Waals surface area contributed by atoms with E-state index in [-0.39, 0.29) is 5.91 Å². The van der Waals surface area contributed by atoms with Gasteiger partial charge in [0.15, 0.2) is 5.82 Å². The number of nitrogens with one attached hydrogen (secondary N) is 2. The number of hydrogen-bond donors (Lipinski definition) is 2. The molecule has 1 amide bonds. The van der Waals surface area contributed by atoms with Crippen LogP contribution in [0.5, 0.6) is 0 Å². The van der Waals surface area contributed by atoms with Crippen LogP contribution in [0.1, 0.15) is 42.6 Å². The number of rotatable bonds is 5. The van der Waals surface area contributed by atoms with Crippen molar-refractivity contribution >= 4 is 5.91 Å². The van der Waals surface area contributed by atoms with Crippen LogP contribution in [0.15, 0.2) is 24.3 Å². The molecule has 0 saturated heterocycles. The maximum Gasteiger partial charge on any atom is 0.224 e. The Morgan fingerprint density at radius 3 is 2.96 bits per heavy atom. The molecular weight excluding hydrogens is 290 g/mol. The van der Waals surface area contributed by atoms with Gasteiger partial charge in [0.1, 0.15) is 0 Å². The van der Waals surface area contributed by atoms with Crippen molar-refractivity contribution in [2.75, 3.05) is 0 Å². The highest BCUT2D eigenvalue weighted by Crippen LogP contribution is 2.49. The summed E-state index contributed by atoms with van der Waals surface area (Å²) in [6.45, 7) is 0. The van der Waals surface area contributed by atoms with Crippen molar-refractivity contribution in [1.29, 1.82) is 0 Å². The van der Waals surface area contributed by atoms with Gasteiger partial charge in [-0.3, -0.25) is 4.79 Å². The van der Waals surface area contributed by atoms with Gasteiger partial charge in [-0.1, -0.05) is 42.3 Å². The first kappa shape index (κ1) is 14.4. The molecule has 3 atom stereocenters. The number of amides is 1. The van der Waals surface area contributed by atoms with E-state index in [9.17, 15) is 4.79 Å². The van der Waals surface area contributed by atoms with Gasteiger partial charge in [0.05, 0.1) is 6.42 Å². The molecule has 1 aromatic heterocycles. The van der Waals surface area contributed by atoms with E-state index in [1.165, 1.54) is 19.3 Å². The normalized spacial score (nSPS) is 25.7. The monoisotopic (exact) mass is 311 g/mol. The molecule has 0 radical (unpaired) electrons. The summed E-state index contributed by atoms with van der Waals surface area (Å²) in [4.78, 5) is 12.4. The number of fused-ring (bicyclic) bond motifs is 1. The summed E-state index contributed by atoms with van der Waals surface area (Å²) in [7, 11) is 0. The fourth-order valence-electron chi connectivity index (χ4n) is 3.85. The summed E-state index contributed by atoms with van der Waals surface area (Å²) >= 11 is 0. The fraction of sp³-hybridized carbons (Fsp3) is 0.529. The number of carbonyl (C=O) groups is 1. The summed E-state index contributed by atoms with van der Waals surface area (Å²) in [5, 5.41) is 17.3. The van der Waals surface area contributed by atoms with Crippen LogP contribution in [0.4, 0.5) is 0 Å². The molecule has 6 nitrogen and oxygen atoms in total. The van der Waals surface area contributed by atoms with Gasteiger partial charge in [0, 0.05) is 12.5 Å². The highest BCUT2D eigenvalue weighted by Gasteiger charge is 2.45. The third-order valence-corrected chi connectivity index (χ3v) is 5.14. The number of hydrogen-bond acceptors (Lipinski definition) is 4. The molecule has 1 heterocycles. The molecule has 6 heteroatoms. The summed E-state index contributed by atoms with van der Waals surface area (Å²) < 4.78 is 0. The summed E-state index contributed by atoms with van der Waals surface area (Å²) in [6, 6.07) is 8.38. The molecule has 120 valence electrons. The maximum absolute atomic E-state index is 12.4. The van der Waals surface area contributed by atoms with Crippen LogP contribution in [0, 0.1) is 11.8 Å². The van der Waals surface area contributed by atoms with E-state index >= 15 is 0 Å². The van der Waals surface area contributed by atoms with Crippen LogP contribution in [0.25, 0.3) is 0 Å².